The molecule has 0 aliphatic carbocycles. The van der Waals surface area contributed by atoms with E-state index in [0.717, 1.165) is 19.3 Å². The number of nitrogens with zero attached hydrogens (tertiary/aromatic N) is 4. The molecule has 1 aromatic rings. The van der Waals surface area contributed by atoms with E-state index in [2.05, 4.69) is 5.10 Å². The summed E-state index contributed by atoms with van der Waals surface area (Å²) >= 11 is 6.43. The van der Waals surface area contributed by atoms with Gasteiger partial charge in [0.1, 0.15) is 10.6 Å². The quantitative estimate of drug-likeness (QED) is 0.743. The molecule has 2 aliphatic heterocycles. The average Bonchev–Trinajstić information content (AvgIpc) is 2.63. The molecule has 156 valence electrons. The molecule has 2 aliphatic rings. The Labute approximate surface area is 170 Å². The first-order valence-corrected chi connectivity index (χ1v) is 10.2. The molecular weight excluding hydrogens is 384 g/mol. The van der Waals surface area contributed by atoms with E-state index in [9.17, 15) is 9.59 Å². The van der Waals surface area contributed by atoms with Crippen LogP contribution in [0, 0.1) is 0 Å². The highest BCUT2D eigenvalue weighted by Crippen LogP contribution is 2.28. The number of piperazine rings is 1. The largest absolute Gasteiger partial charge is 0.444 e. The molecule has 2 fully saturated rings. The maximum Gasteiger partial charge on any atom is 0.410 e. The van der Waals surface area contributed by atoms with Crippen molar-refractivity contribution in [2.24, 2.45) is 0 Å². The summed E-state index contributed by atoms with van der Waals surface area (Å²) < 4.78 is 12.5. The van der Waals surface area contributed by atoms with Crippen molar-refractivity contribution >= 4 is 23.4 Å². The summed E-state index contributed by atoms with van der Waals surface area (Å²) in [5, 5.41) is 4.46. The SMILES string of the molecule is C[C@@H]1CN(C(=O)OC(C)(C)C)CCN1c1cnn(C2CCCCO2)c(=O)c1Cl. The molecule has 0 radical (unpaired) electrons. The fraction of sp³-hybridized carbons (Fsp3) is 0.737. The van der Waals surface area contributed by atoms with Crippen molar-refractivity contribution in [3.05, 3.63) is 21.6 Å². The molecule has 9 heteroatoms. The Kier molecular flexibility index (Phi) is 6.19. The van der Waals surface area contributed by atoms with Gasteiger partial charge in [-0.05, 0) is 47.0 Å². The van der Waals surface area contributed by atoms with Crippen LogP contribution in [-0.4, -0.2) is 58.7 Å². The summed E-state index contributed by atoms with van der Waals surface area (Å²) in [5.41, 5.74) is -0.279. The topological polar surface area (TPSA) is 76.9 Å². The zero-order valence-corrected chi connectivity index (χ0v) is 17.7. The molecule has 1 amide bonds. The van der Waals surface area contributed by atoms with Crippen LogP contribution in [0.3, 0.4) is 0 Å². The number of ether oxygens (including phenoxy) is 2. The second-order valence-electron chi connectivity index (χ2n) is 8.38. The predicted molar refractivity (Wildman–Crippen MR) is 107 cm³/mol. The van der Waals surface area contributed by atoms with Crippen LogP contribution >= 0.6 is 11.6 Å². The zero-order chi connectivity index (χ0) is 20.5. The maximum atomic E-state index is 12.7. The zero-order valence-electron chi connectivity index (χ0n) is 17.0. The smallest absolute Gasteiger partial charge is 0.410 e. The molecule has 2 atom stereocenters. The van der Waals surface area contributed by atoms with E-state index in [1.807, 2.05) is 32.6 Å². The third-order valence-corrected chi connectivity index (χ3v) is 5.30. The van der Waals surface area contributed by atoms with Crippen molar-refractivity contribution in [3.63, 3.8) is 0 Å². The first-order valence-electron chi connectivity index (χ1n) is 9.81. The Bertz CT molecular complexity index is 770. The first kappa shape index (κ1) is 20.9. The van der Waals surface area contributed by atoms with Crippen LogP contribution in [0.15, 0.2) is 11.0 Å². The van der Waals surface area contributed by atoms with Gasteiger partial charge in [0.25, 0.3) is 5.56 Å². The van der Waals surface area contributed by atoms with Crippen LogP contribution in [0.1, 0.15) is 53.2 Å². The number of anilines is 1. The highest BCUT2D eigenvalue weighted by molar-refractivity contribution is 6.33. The highest BCUT2D eigenvalue weighted by atomic mass is 35.5. The van der Waals surface area contributed by atoms with E-state index in [-0.39, 0.29) is 28.9 Å². The van der Waals surface area contributed by atoms with Crippen LogP contribution in [0.5, 0.6) is 0 Å². The van der Waals surface area contributed by atoms with Crippen LogP contribution in [0.25, 0.3) is 0 Å². The fourth-order valence-electron chi connectivity index (χ4n) is 3.57. The molecule has 3 rings (SSSR count). The molecule has 8 nitrogen and oxygen atoms in total. The lowest BCUT2D eigenvalue weighted by molar-refractivity contribution is -0.0424. The van der Waals surface area contributed by atoms with E-state index in [1.165, 1.54) is 4.68 Å². The Morgan fingerprint density at radius 3 is 2.68 bits per heavy atom. The van der Waals surface area contributed by atoms with Gasteiger partial charge < -0.3 is 19.3 Å². The number of rotatable bonds is 2. The Balaban J connectivity index is 1.73. The standard InChI is InChI=1S/C19H29ClN4O4/c1-13-12-22(18(26)28-19(2,3)4)8-9-23(13)14-11-21-24(17(25)16(14)20)15-7-5-6-10-27-15/h11,13,15H,5-10,12H2,1-4H3/t13-,15?/m1/s1. The molecule has 2 saturated heterocycles. The number of halogens is 1. The lowest BCUT2D eigenvalue weighted by atomic mass is 10.1. The van der Waals surface area contributed by atoms with E-state index < -0.39 is 5.60 Å². The summed E-state index contributed by atoms with van der Waals surface area (Å²) in [7, 11) is 0. The van der Waals surface area contributed by atoms with Gasteiger partial charge in [0.05, 0.1) is 11.9 Å². The van der Waals surface area contributed by atoms with E-state index in [4.69, 9.17) is 21.1 Å². The summed E-state index contributed by atoms with van der Waals surface area (Å²) in [4.78, 5) is 28.8. The molecule has 0 bridgehead atoms. The second-order valence-corrected chi connectivity index (χ2v) is 8.76. The predicted octanol–water partition coefficient (Wildman–Crippen LogP) is 3.04. The third-order valence-electron chi connectivity index (χ3n) is 4.94. The van der Waals surface area contributed by atoms with E-state index >= 15 is 0 Å². The molecular formula is C19H29ClN4O4. The first-order chi connectivity index (χ1) is 13.2. The number of aromatic nitrogens is 2. The normalized spacial score (nSPS) is 23.6. The van der Waals surface area contributed by atoms with Crippen molar-refractivity contribution in [2.75, 3.05) is 31.1 Å². The van der Waals surface area contributed by atoms with Gasteiger partial charge in [0.2, 0.25) is 0 Å². The van der Waals surface area contributed by atoms with Crippen molar-refractivity contribution in [2.45, 2.75) is 64.8 Å². The number of amides is 1. The van der Waals surface area contributed by atoms with Crippen LogP contribution in [-0.2, 0) is 9.47 Å². The minimum atomic E-state index is -0.531. The van der Waals surface area contributed by atoms with E-state index in [1.54, 1.807) is 11.1 Å². The fourth-order valence-corrected chi connectivity index (χ4v) is 3.81. The van der Waals surface area contributed by atoms with Crippen molar-refractivity contribution in [1.82, 2.24) is 14.7 Å². The number of carbonyl (C=O) groups excluding carboxylic acids is 1. The van der Waals surface area contributed by atoms with Gasteiger partial charge >= 0.3 is 6.09 Å². The maximum absolute atomic E-state index is 12.7. The Hall–Kier alpha value is -1.80. The van der Waals surface area contributed by atoms with Crippen molar-refractivity contribution in [3.8, 4) is 0 Å². The summed E-state index contributed by atoms with van der Waals surface area (Å²) in [6.07, 6.45) is 3.70. The van der Waals surface area contributed by atoms with Gasteiger partial charge in [-0.1, -0.05) is 11.6 Å². The molecule has 1 unspecified atom stereocenters. The van der Waals surface area contributed by atoms with Crippen LogP contribution in [0.2, 0.25) is 5.02 Å². The lowest BCUT2D eigenvalue weighted by Gasteiger charge is -2.41. The minimum absolute atomic E-state index is 0.0262. The highest BCUT2D eigenvalue weighted by Gasteiger charge is 2.32. The van der Waals surface area contributed by atoms with Crippen LogP contribution < -0.4 is 10.5 Å². The monoisotopic (exact) mass is 412 g/mol. The molecule has 1 aromatic heterocycles. The Morgan fingerprint density at radius 1 is 1.32 bits per heavy atom. The summed E-state index contributed by atoms with van der Waals surface area (Å²) in [6.45, 7) is 9.68. The molecule has 0 N–H and O–H groups in total. The number of carbonyl (C=O) groups is 1. The van der Waals surface area contributed by atoms with Crippen molar-refractivity contribution < 1.29 is 14.3 Å². The summed E-state index contributed by atoms with van der Waals surface area (Å²) in [5.74, 6) is 0. The lowest BCUT2D eigenvalue weighted by Crippen LogP contribution is -2.55. The van der Waals surface area contributed by atoms with Gasteiger partial charge in [-0.25, -0.2) is 4.79 Å². The van der Waals surface area contributed by atoms with Gasteiger partial charge in [0, 0.05) is 32.3 Å². The average molecular weight is 413 g/mol. The number of hydrogen-bond donors (Lipinski definition) is 0. The van der Waals surface area contributed by atoms with Gasteiger partial charge in [-0.3, -0.25) is 4.79 Å². The molecule has 0 spiro atoms. The molecule has 0 aromatic carbocycles. The van der Waals surface area contributed by atoms with Gasteiger partial charge in [-0.15, -0.1) is 0 Å². The van der Waals surface area contributed by atoms with Gasteiger partial charge in [0.15, 0.2) is 6.23 Å². The minimum Gasteiger partial charge on any atom is -0.444 e. The van der Waals surface area contributed by atoms with Crippen molar-refractivity contribution in [1.29, 1.82) is 0 Å². The Morgan fingerprint density at radius 2 is 2.07 bits per heavy atom. The summed E-state index contributed by atoms with van der Waals surface area (Å²) in [6, 6.07) is -0.0262. The van der Waals surface area contributed by atoms with Crippen LogP contribution in [0.4, 0.5) is 10.5 Å². The third kappa shape index (κ3) is 4.60. The second kappa shape index (κ2) is 8.29. The molecule has 0 saturated carbocycles. The molecule has 28 heavy (non-hydrogen) atoms. The number of hydrogen-bond acceptors (Lipinski definition) is 6. The molecule has 3 heterocycles. The van der Waals surface area contributed by atoms with E-state index in [0.29, 0.717) is 31.9 Å². The van der Waals surface area contributed by atoms with Gasteiger partial charge in [-0.2, -0.15) is 9.78 Å².